The summed E-state index contributed by atoms with van der Waals surface area (Å²) in [5.41, 5.74) is 5.26. The van der Waals surface area contributed by atoms with Gasteiger partial charge in [-0.3, -0.25) is 14.6 Å². The molecule has 4 aromatic rings. The second-order valence-corrected chi connectivity index (χ2v) is 8.98. The molecule has 140 valence electrons. The maximum Gasteiger partial charge on any atom is 0.177 e. The van der Waals surface area contributed by atoms with E-state index >= 15 is 0 Å². The average Bonchev–Trinajstić information content (AvgIpc) is 3.28. The van der Waals surface area contributed by atoms with Crippen molar-refractivity contribution in [3.8, 4) is 22.5 Å². The van der Waals surface area contributed by atoms with E-state index in [-0.39, 0.29) is 4.90 Å². The van der Waals surface area contributed by atoms with Crippen LogP contribution in [0.3, 0.4) is 0 Å². The molecule has 0 aliphatic carbocycles. The minimum absolute atomic E-state index is 0.245. The first-order chi connectivity index (χ1) is 13.5. The Morgan fingerprint density at radius 1 is 1.00 bits per heavy atom. The van der Waals surface area contributed by atoms with Gasteiger partial charge in [-0.25, -0.2) is 8.42 Å². The Hall–Kier alpha value is -3.06. The Morgan fingerprint density at radius 2 is 1.89 bits per heavy atom. The molecule has 0 saturated carbocycles. The number of fused-ring (bicyclic) bond motifs is 2. The van der Waals surface area contributed by atoms with Crippen LogP contribution >= 0.6 is 0 Å². The maximum absolute atomic E-state index is 12.3. The fraction of sp³-hybridized carbons (Fsp3) is 0.190. The molecular formula is C21H18N4O2S. The molecule has 0 N–H and O–H groups in total. The van der Waals surface area contributed by atoms with Crippen LogP contribution in [0.15, 0.2) is 59.8 Å². The van der Waals surface area contributed by atoms with Crippen molar-refractivity contribution in [3.63, 3.8) is 0 Å². The minimum atomic E-state index is -3.38. The van der Waals surface area contributed by atoms with E-state index in [1.54, 1.807) is 24.5 Å². The van der Waals surface area contributed by atoms with Crippen LogP contribution in [-0.4, -0.2) is 34.4 Å². The zero-order valence-corrected chi connectivity index (χ0v) is 16.1. The number of para-hydroxylation sites is 1. The number of aryl methyl sites for hydroxylation is 1. The van der Waals surface area contributed by atoms with Gasteiger partial charge in [-0.05, 0) is 42.7 Å². The number of sulfone groups is 1. The minimum Gasteiger partial charge on any atom is -0.268 e. The van der Waals surface area contributed by atoms with Crippen molar-refractivity contribution < 1.29 is 8.42 Å². The van der Waals surface area contributed by atoms with Gasteiger partial charge in [0.05, 0.1) is 16.1 Å². The Bertz CT molecular complexity index is 1310. The summed E-state index contributed by atoms with van der Waals surface area (Å²) in [4.78, 5) is 9.14. The van der Waals surface area contributed by atoms with Gasteiger partial charge in [-0.2, -0.15) is 5.10 Å². The van der Waals surface area contributed by atoms with Gasteiger partial charge in [0.1, 0.15) is 5.69 Å². The largest absolute Gasteiger partial charge is 0.268 e. The standard InChI is InChI=1S/C21H18N4O2S/c1-28(26,27)18-9-4-6-15-14(10-12-23-20(15)18)19-17-8-5-13-25(17)24-21(19)16-7-2-3-11-22-16/h2-4,6-7,9-12H,5,8,13H2,1H3. The summed E-state index contributed by atoms with van der Waals surface area (Å²) in [5.74, 6) is 0. The van der Waals surface area contributed by atoms with Gasteiger partial charge >= 0.3 is 0 Å². The van der Waals surface area contributed by atoms with E-state index < -0.39 is 9.84 Å². The lowest BCUT2D eigenvalue weighted by Crippen LogP contribution is -2.00. The summed E-state index contributed by atoms with van der Waals surface area (Å²) >= 11 is 0. The van der Waals surface area contributed by atoms with Gasteiger partial charge < -0.3 is 0 Å². The molecule has 3 aromatic heterocycles. The monoisotopic (exact) mass is 390 g/mol. The number of benzene rings is 1. The second-order valence-electron chi connectivity index (χ2n) is 6.99. The van der Waals surface area contributed by atoms with E-state index in [9.17, 15) is 8.42 Å². The Morgan fingerprint density at radius 3 is 2.68 bits per heavy atom. The molecule has 0 spiro atoms. The predicted octanol–water partition coefficient (Wildman–Crippen LogP) is 3.51. The first-order valence-corrected chi connectivity index (χ1v) is 11.0. The van der Waals surface area contributed by atoms with E-state index in [0.717, 1.165) is 53.0 Å². The molecule has 0 saturated heterocycles. The molecule has 4 heterocycles. The Kier molecular flexibility index (Phi) is 3.80. The number of hydrogen-bond acceptors (Lipinski definition) is 5. The average molecular weight is 390 g/mol. The SMILES string of the molecule is CS(=O)(=O)c1cccc2c(-c3c(-c4ccccn4)nn4c3CCC4)ccnc12. The highest BCUT2D eigenvalue weighted by molar-refractivity contribution is 7.91. The zero-order chi connectivity index (χ0) is 19.3. The number of rotatable bonds is 3. The van der Waals surface area contributed by atoms with Gasteiger partial charge in [0, 0.05) is 41.8 Å². The summed E-state index contributed by atoms with van der Waals surface area (Å²) in [6.45, 7) is 0.882. The van der Waals surface area contributed by atoms with Gasteiger partial charge in [-0.1, -0.05) is 18.2 Å². The van der Waals surface area contributed by atoms with E-state index in [4.69, 9.17) is 5.10 Å². The van der Waals surface area contributed by atoms with Crippen LogP contribution in [0.25, 0.3) is 33.4 Å². The summed E-state index contributed by atoms with van der Waals surface area (Å²) in [6.07, 6.45) is 6.64. The molecule has 1 aliphatic rings. The molecule has 28 heavy (non-hydrogen) atoms. The van der Waals surface area contributed by atoms with Crippen molar-refractivity contribution in [2.24, 2.45) is 0 Å². The molecule has 0 fully saturated rings. The summed E-state index contributed by atoms with van der Waals surface area (Å²) in [6, 6.07) is 13.0. The number of nitrogens with zero attached hydrogens (tertiary/aromatic N) is 4. The third kappa shape index (κ3) is 2.62. The fourth-order valence-corrected chi connectivity index (χ4v) is 4.80. The molecule has 0 radical (unpaired) electrons. The van der Waals surface area contributed by atoms with Gasteiger partial charge in [0.15, 0.2) is 9.84 Å². The molecule has 1 aromatic carbocycles. The highest BCUT2D eigenvalue weighted by atomic mass is 32.2. The summed E-state index contributed by atoms with van der Waals surface area (Å²) in [7, 11) is -3.38. The molecule has 0 bridgehead atoms. The van der Waals surface area contributed by atoms with Gasteiger partial charge in [0.25, 0.3) is 0 Å². The van der Waals surface area contributed by atoms with Crippen LogP contribution < -0.4 is 0 Å². The molecule has 1 aliphatic heterocycles. The van der Waals surface area contributed by atoms with Gasteiger partial charge in [-0.15, -0.1) is 0 Å². The molecule has 0 amide bonds. The zero-order valence-electron chi connectivity index (χ0n) is 15.3. The molecular weight excluding hydrogens is 372 g/mol. The van der Waals surface area contributed by atoms with Crippen molar-refractivity contribution in [2.45, 2.75) is 24.3 Å². The third-order valence-corrected chi connectivity index (χ3v) is 6.28. The highest BCUT2D eigenvalue weighted by Gasteiger charge is 2.26. The normalized spacial score (nSPS) is 13.8. The summed E-state index contributed by atoms with van der Waals surface area (Å²) in [5, 5.41) is 5.64. The Balaban J connectivity index is 1.85. The van der Waals surface area contributed by atoms with Crippen LogP contribution in [0.4, 0.5) is 0 Å². The number of hydrogen-bond donors (Lipinski definition) is 0. The van der Waals surface area contributed by atoms with Gasteiger partial charge in [0.2, 0.25) is 0 Å². The first kappa shape index (κ1) is 17.1. The molecule has 0 atom stereocenters. The lowest BCUT2D eigenvalue weighted by atomic mass is 9.97. The van der Waals surface area contributed by atoms with Crippen molar-refractivity contribution in [2.75, 3.05) is 6.26 Å². The van der Waals surface area contributed by atoms with Crippen LogP contribution in [0, 0.1) is 0 Å². The van der Waals surface area contributed by atoms with E-state index in [2.05, 4.69) is 9.97 Å². The smallest absolute Gasteiger partial charge is 0.177 e. The van der Waals surface area contributed by atoms with Crippen LogP contribution in [0.5, 0.6) is 0 Å². The first-order valence-electron chi connectivity index (χ1n) is 9.13. The lowest BCUT2D eigenvalue weighted by Gasteiger charge is -2.10. The van der Waals surface area contributed by atoms with Crippen molar-refractivity contribution in [1.29, 1.82) is 0 Å². The van der Waals surface area contributed by atoms with Crippen molar-refractivity contribution >= 4 is 20.7 Å². The van der Waals surface area contributed by atoms with Crippen LogP contribution in [0.2, 0.25) is 0 Å². The number of aromatic nitrogens is 4. The van der Waals surface area contributed by atoms with E-state index in [0.29, 0.717) is 5.52 Å². The predicted molar refractivity (Wildman–Crippen MR) is 108 cm³/mol. The number of pyridine rings is 2. The topological polar surface area (TPSA) is 77.7 Å². The lowest BCUT2D eigenvalue weighted by molar-refractivity contribution is 0.602. The fourth-order valence-electron chi connectivity index (χ4n) is 3.96. The molecule has 7 heteroatoms. The highest BCUT2D eigenvalue weighted by Crippen LogP contribution is 2.40. The molecule has 5 rings (SSSR count). The summed E-state index contributed by atoms with van der Waals surface area (Å²) < 4.78 is 26.6. The van der Waals surface area contributed by atoms with Crippen LogP contribution in [0.1, 0.15) is 12.1 Å². The van der Waals surface area contributed by atoms with Crippen LogP contribution in [-0.2, 0) is 22.8 Å². The molecule has 0 unspecified atom stereocenters. The third-order valence-electron chi connectivity index (χ3n) is 5.15. The van der Waals surface area contributed by atoms with Crippen molar-refractivity contribution in [1.82, 2.24) is 19.7 Å². The Labute approximate surface area is 162 Å². The second kappa shape index (κ2) is 6.24. The maximum atomic E-state index is 12.3. The molecule has 6 nitrogen and oxygen atoms in total. The quantitative estimate of drug-likeness (QED) is 0.535. The van der Waals surface area contributed by atoms with E-state index in [1.807, 2.05) is 35.0 Å². The van der Waals surface area contributed by atoms with E-state index in [1.165, 1.54) is 6.26 Å². The van der Waals surface area contributed by atoms with Crippen molar-refractivity contribution in [3.05, 3.63) is 60.6 Å².